The number of hydrogen-bond donors (Lipinski definition) is 3. The van der Waals surface area contributed by atoms with Crippen molar-refractivity contribution in [2.75, 3.05) is 20.2 Å². The SMILES string of the molecule is CCNC(=NCc1ccccc1-n1nc(C)cc1C)NCCc1cccc(OC)c1O. The molecule has 0 aliphatic rings. The summed E-state index contributed by atoms with van der Waals surface area (Å²) in [4.78, 5) is 4.76. The Kier molecular flexibility index (Phi) is 7.54. The van der Waals surface area contributed by atoms with Crippen LogP contribution in [0.4, 0.5) is 0 Å². The number of aromatic nitrogens is 2. The first-order chi connectivity index (χ1) is 15.0. The average molecular weight is 422 g/mol. The second-order valence-corrected chi connectivity index (χ2v) is 7.31. The Hall–Kier alpha value is -3.48. The number of ether oxygens (including phenoxy) is 1. The van der Waals surface area contributed by atoms with E-state index in [2.05, 4.69) is 40.9 Å². The van der Waals surface area contributed by atoms with Gasteiger partial charge in [0.05, 0.1) is 25.0 Å². The van der Waals surface area contributed by atoms with E-state index in [9.17, 15) is 5.11 Å². The van der Waals surface area contributed by atoms with E-state index in [1.807, 2.05) is 42.8 Å². The highest BCUT2D eigenvalue weighted by molar-refractivity contribution is 5.79. The molecule has 31 heavy (non-hydrogen) atoms. The number of hydrogen-bond acceptors (Lipinski definition) is 4. The Morgan fingerprint density at radius 2 is 1.87 bits per heavy atom. The molecule has 0 saturated heterocycles. The summed E-state index contributed by atoms with van der Waals surface area (Å²) >= 11 is 0. The molecule has 0 saturated carbocycles. The van der Waals surface area contributed by atoms with E-state index in [1.54, 1.807) is 13.2 Å². The highest BCUT2D eigenvalue weighted by Crippen LogP contribution is 2.29. The highest BCUT2D eigenvalue weighted by Gasteiger charge is 2.10. The number of guanidine groups is 1. The molecule has 1 heterocycles. The molecule has 0 spiro atoms. The summed E-state index contributed by atoms with van der Waals surface area (Å²) in [5.74, 6) is 1.40. The molecular formula is C24H31N5O2. The number of nitrogens with zero attached hydrogens (tertiary/aromatic N) is 3. The van der Waals surface area contributed by atoms with E-state index in [4.69, 9.17) is 9.73 Å². The minimum absolute atomic E-state index is 0.188. The summed E-state index contributed by atoms with van der Waals surface area (Å²) in [6.45, 7) is 8.00. The first kappa shape index (κ1) is 22.2. The zero-order valence-corrected chi connectivity index (χ0v) is 18.6. The number of rotatable bonds is 8. The van der Waals surface area contributed by atoms with Gasteiger partial charge in [0.25, 0.3) is 0 Å². The molecule has 164 valence electrons. The molecule has 7 heteroatoms. The molecule has 2 aromatic carbocycles. The maximum absolute atomic E-state index is 10.3. The van der Waals surface area contributed by atoms with Crippen LogP contribution in [0, 0.1) is 13.8 Å². The maximum atomic E-state index is 10.3. The van der Waals surface area contributed by atoms with Crippen LogP contribution in [-0.4, -0.2) is 41.0 Å². The van der Waals surface area contributed by atoms with Crippen LogP contribution in [0.2, 0.25) is 0 Å². The first-order valence-electron chi connectivity index (χ1n) is 10.5. The fraction of sp³-hybridized carbons (Fsp3) is 0.333. The molecule has 3 rings (SSSR count). The predicted octanol–water partition coefficient (Wildman–Crippen LogP) is 3.50. The Morgan fingerprint density at radius 3 is 2.58 bits per heavy atom. The molecule has 0 fully saturated rings. The number of methoxy groups -OCH3 is 1. The van der Waals surface area contributed by atoms with Gasteiger partial charge < -0.3 is 20.5 Å². The van der Waals surface area contributed by atoms with Gasteiger partial charge in [-0.3, -0.25) is 0 Å². The van der Waals surface area contributed by atoms with E-state index in [-0.39, 0.29) is 5.75 Å². The van der Waals surface area contributed by atoms with Crippen LogP contribution in [0.15, 0.2) is 53.5 Å². The molecule has 3 N–H and O–H groups in total. The lowest BCUT2D eigenvalue weighted by Crippen LogP contribution is -2.38. The van der Waals surface area contributed by atoms with Gasteiger partial charge in [-0.2, -0.15) is 5.10 Å². The maximum Gasteiger partial charge on any atom is 0.191 e. The first-order valence-corrected chi connectivity index (χ1v) is 10.5. The Balaban J connectivity index is 1.70. The lowest BCUT2D eigenvalue weighted by Gasteiger charge is -2.14. The molecule has 0 aliphatic heterocycles. The molecule has 1 aromatic heterocycles. The third-order valence-corrected chi connectivity index (χ3v) is 4.97. The summed E-state index contributed by atoms with van der Waals surface area (Å²) in [6, 6.07) is 15.8. The largest absolute Gasteiger partial charge is 0.504 e. The van der Waals surface area contributed by atoms with Crippen molar-refractivity contribution in [3.8, 4) is 17.2 Å². The predicted molar refractivity (Wildman–Crippen MR) is 124 cm³/mol. The van der Waals surface area contributed by atoms with Gasteiger partial charge in [0.15, 0.2) is 17.5 Å². The third-order valence-electron chi connectivity index (χ3n) is 4.97. The fourth-order valence-corrected chi connectivity index (χ4v) is 3.48. The average Bonchev–Trinajstić information content (AvgIpc) is 3.11. The van der Waals surface area contributed by atoms with E-state index in [0.717, 1.165) is 40.7 Å². The van der Waals surface area contributed by atoms with Gasteiger partial charge in [0.1, 0.15) is 0 Å². The van der Waals surface area contributed by atoms with Gasteiger partial charge in [-0.05, 0) is 56.5 Å². The lowest BCUT2D eigenvalue weighted by molar-refractivity contribution is 0.370. The van der Waals surface area contributed by atoms with Crippen molar-refractivity contribution in [1.29, 1.82) is 0 Å². The topological polar surface area (TPSA) is 83.7 Å². The van der Waals surface area contributed by atoms with Gasteiger partial charge in [0, 0.05) is 18.8 Å². The van der Waals surface area contributed by atoms with Crippen molar-refractivity contribution in [2.45, 2.75) is 33.7 Å². The number of para-hydroxylation sites is 2. The molecular weight excluding hydrogens is 390 g/mol. The van der Waals surface area contributed by atoms with Gasteiger partial charge in [0.2, 0.25) is 0 Å². The van der Waals surface area contributed by atoms with Crippen LogP contribution in [0.1, 0.15) is 29.4 Å². The van der Waals surface area contributed by atoms with Crippen molar-refractivity contribution < 1.29 is 9.84 Å². The van der Waals surface area contributed by atoms with Crippen molar-refractivity contribution in [1.82, 2.24) is 20.4 Å². The smallest absolute Gasteiger partial charge is 0.191 e. The number of aromatic hydroxyl groups is 1. The van der Waals surface area contributed by atoms with E-state index in [1.165, 1.54) is 0 Å². The highest BCUT2D eigenvalue weighted by atomic mass is 16.5. The van der Waals surface area contributed by atoms with Gasteiger partial charge in [-0.25, -0.2) is 9.67 Å². The molecule has 0 radical (unpaired) electrons. The Bertz CT molecular complexity index is 1040. The van der Waals surface area contributed by atoms with Crippen molar-refractivity contribution >= 4 is 5.96 Å². The van der Waals surface area contributed by atoms with Crippen molar-refractivity contribution in [2.24, 2.45) is 4.99 Å². The zero-order valence-electron chi connectivity index (χ0n) is 18.6. The summed E-state index contributed by atoms with van der Waals surface area (Å²) in [6.07, 6.45) is 0.649. The van der Waals surface area contributed by atoms with Crippen LogP contribution in [0.3, 0.4) is 0 Å². The second-order valence-electron chi connectivity index (χ2n) is 7.31. The van der Waals surface area contributed by atoms with Crippen LogP contribution in [0.25, 0.3) is 5.69 Å². The normalized spacial score (nSPS) is 11.4. The fourth-order valence-electron chi connectivity index (χ4n) is 3.48. The third kappa shape index (κ3) is 5.57. The number of nitrogens with one attached hydrogen (secondary N) is 2. The Morgan fingerprint density at radius 1 is 1.10 bits per heavy atom. The minimum Gasteiger partial charge on any atom is -0.504 e. The second kappa shape index (κ2) is 10.5. The van der Waals surface area contributed by atoms with Crippen molar-refractivity contribution in [3.05, 3.63) is 71.0 Å². The van der Waals surface area contributed by atoms with Crippen LogP contribution >= 0.6 is 0 Å². The molecule has 0 amide bonds. The summed E-state index contributed by atoms with van der Waals surface area (Å²) < 4.78 is 7.15. The Labute approximate surface area is 183 Å². The molecule has 7 nitrogen and oxygen atoms in total. The molecule has 0 unspecified atom stereocenters. The standard InChI is InChI=1S/C24H31N5O2/c1-5-25-24(26-14-13-19-10-8-12-22(31-4)23(19)30)27-16-20-9-6-7-11-21(20)29-18(3)15-17(2)28-29/h6-12,15,30H,5,13-14,16H2,1-4H3,(H2,25,26,27). The number of aliphatic imine (C=N–C) groups is 1. The van der Waals surface area contributed by atoms with Crippen molar-refractivity contribution in [3.63, 3.8) is 0 Å². The monoisotopic (exact) mass is 421 g/mol. The van der Waals surface area contributed by atoms with Gasteiger partial charge in [-0.15, -0.1) is 0 Å². The number of aryl methyl sites for hydroxylation is 2. The molecule has 3 aromatic rings. The summed E-state index contributed by atoms with van der Waals surface area (Å²) in [7, 11) is 1.55. The number of phenolic OH excluding ortho intramolecular Hbond substituents is 1. The van der Waals surface area contributed by atoms with E-state index in [0.29, 0.717) is 25.3 Å². The molecule has 0 atom stereocenters. The van der Waals surface area contributed by atoms with Crippen LogP contribution in [0.5, 0.6) is 11.5 Å². The quantitative estimate of drug-likeness (QED) is 0.383. The zero-order chi connectivity index (χ0) is 22.2. The van der Waals surface area contributed by atoms with E-state index < -0.39 is 0 Å². The van der Waals surface area contributed by atoms with E-state index >= 15 is 0 Å². The number of phenols is 1. The van der Waals surface area contributed by atoms with Crippen LogP contribution < -0.4 is 15.4 Å². The summed E-state index contributed by atoms with van der Waals surface area (Å²) in [5.41, 5.74) is 5.05. The van der Waals surface area contributed by atoms with Gasteiger partial charge >= 0.3 is 0 Å². The number of benzene rings is 2. The van der Waals surface area contributed by atoms with Gasteiger partial charge in [-0.1, -0.05) is 30.3 Å². The lowest BCUT2D eigenvalue weighted by atomic mass is 10.1. The summed E-state index contributed by atoms with van der Waals surface area (Å²) in [5, 5.41) is 21.5. The molecule has 0 aliphatic carbocycles. The van der Waals surface area contributed by atoms with Crippen LogP contribution in [-0.2, 0) is 13.0 Å². The minimum atomic E-state index is 0.188. The molecule has 0 bridgehead atoms.